The molecule has 7 N–H and O–H groups in total. The SMILES string of the molecule is CCC(C)C(NC(=O)C(NC(=O)C1CCCN1)C(C)C)C(=O)NC(CCC(N)=O)C(=O)O. The number of amides is 4. The fourth-order valence-electron chi connectivity index (χ4n) is 3.45. The lowest BCUT2D eigenvalue weighted by Crippen LogP contribution is -2.59. The highest BCUT2D eigenvalue weighted by molar-refractivity contribution is 5.94. The molecule has 1 heterocycles. The van der Waals surface area contributed by atoms with Crippen LogP contribution in [0.2, 0.25) is 0 Å². The number of rotatable bonds is 13. The van der Waals surface area contributed by atoms with Gasteiger partial charge >= 0.3 is 5.97 Å². The molecule has 0 spiro atoms. The molecule has 1 saturated heterocycles. The molecule has 32 heavy (non-hydrogen) atoms. The largest absolute Gasteiger partial charge is 0.480 e. The van der Waals surface area contributed by atoms with Gasteiger partial charge in [0.2, 0.25) is 23.6 Å². The molecule has 0 radical (unpaired) electrons. The first-order chi connectivity index (χ1) is 15.0. The summed E-state index contributed by atoms with van der Waals surface area (Å²) in [7, 11) is 0. The number of nitrogens with one attached hydrogen (secondary N) is 4. The van der Waals surface area contributed by atoms with E-state index in [0.29, 0.717) is 12.8 Å². The van der Waals surface area contributed by atoms with Crippen LogP contribution in [0.5, 0.6) is 0 Å². The van der Waals surface area contributed by atoms with Gasteiger partial charge in [-0.15, -0.1) is 0 Å². The number of hydrogen-bond acceptors (Lipinski definition) is 6. The average Bonchev–Trinajstić information content (AvgIpc) is 3.26. The number of carbonyl (C=O) groups is 5. The molecule has 1 fully saturated rings. The third-order valence-electron chi connectivity index (χ3n) is 5.71. The lowest BCUT2D eigenvalue weighted by Gasteiger charge is -2.29. The predicted octanol–water partition coefficient (Wildman–Crippen LogP) is -0.755. The van der Waals surface area contributed by atoms with E-state index >= 15 is 0 Å². The van der Waals surface area contributed by atoms with E-state index in [0.717, 1.165) is 13.0 Å². The number of carboxylic acids is 1. The van der Waals surface area contributed by atoms with E-state index in [4.69, 9.17) is 5.73 Å². The van der Waals surface area contributed by atoms with E-state index < -0.39 is 41.8 Å². The summed E-state index contributed by atoms with van der Waals surface area (Å²) in [4.78, 5) is 60.8. The van der Waals surface area contributed by atoms with Crippen LogP contribution in [0.3, 0.4) is 0 Å². The molecule has 0 aromatic heterocycles. The van der Waals surface area contributed by atoms with E-state index in [2.05, 4.69) is 21.3 Å². The molecule has 4 amide bonds. The highest BCUT2D eigenvalue weighted by Crippen LogP contribution is 2.12. The van der Waals surface area contributed by atoms with Crippen LogP contribution < -0.4 is 27.0 Å². The summed E-state index contributed by atoms with van der Waals surface area (Å²) in [6, 6.07) is -3.52. The van der Waals surface area contributed by atoms with Crippen molar-refractivity contribution < 1.29 is 29.1 Å². The Labute approximate surface area is 188 Å². The van der Waals surface area contributed by atoms with Crippen molar-refractivity contribution in [3.05, 3.63) is 0 Å². The van der Waals surface area contributed by atoms with Crippen molar-refractivity contribution in [3.63, 3.8) is 0 Å². The Morgan fingerprint density at radius 1 is 1.03 bits per heavy atom. The zero-order valence-corrected chi connectivity index (χ0v) is 19.3. The Morgan fingerprint density at radius 2 is 1.66 bits per heavy atom. The molecular formula is C21H37N5O6. The molecule has 1 aliphatic heterocycles. The Balaban J connectivity index is 2.90. The number of nitrogens with two attached hydrogens (primary N) is 1. The van der Waals surface area contributed by atoms with Crippen molar-refractivity contribution in [2.24, 2.45) is 17.6 Å². The number of carboxylic acid groups (broad SMARTS) is 1. The zero-order chi connectivity index (χ0) is 24.4. The number of aliphatic carboxylic acids is 1. The molecule has 182 valence electrons. The Morgan fingerprint density at radius 3 is 2.12 bits per heavy atom. The minimum Gasteiger partial charge on any atom is -0.480 e. The zero-order valence-electron chi connectivity index (χ0n) is 19.3. The minimum atomic E-state index is -1.31. The summed E-state index contributed by atoms with van der Waals surface area (Å²) in [6.45, 7) is 7.92. The van der Waals surface area contributed by atoms with E-state index in [1.807, 2.05) is 6.92 Å². The quantitative estimate of drug-likeness (QED) is 0.211. The first-order valence-corrected chi connectivity index (χ1v) is 11.1. The molecule has 5 atom stereocenters. The van der Waals surface area contributed by atoms with Gasteiger partial charge in [-0.25, -0.2) is 4.79 Å². The normalized spacial score (nSPS) is 19.5. The molecule has 0 bridgehead atoms. The summed E-state index contributed by atoms with van der Waals surface area (Å²) in [5, 5.41) is 20.3. The van der Waals surface area contributed by atoms with Gasteiger partial charge < -0.3 is 32.1 Å². The maximum atomic E-state index is 13.0. The van der Waals surface area contributed by atoms with Crippen molar-refractivity contribution in [3.8, 4) is 0 Å². The predicted molar refractivity (Wildman–Crippen MR) is 117 cm³/mol. The van der Waals surface area contributed by atoms with Gasteiger partial charge in [0, 0.05) is 6.42 Å². The van der Waals surface area contributed by atoms with Crippen molar-refractivity contribution in [1.82, 2.24) is 21.3 Å². The van der Waals surface area contributed by atoms with Crippen LogP contribution >= 0.6 is 0 Å². The van der Waals surface area contributed by atoms with Gasteiger partial charge in [0.25, 0.3) is 0 Å². The van der Waals surface area contributed by atoms with Crippen LogP contribution in [0.25, 0.3) is 0 Å². The van der Waals surface area contributed by atoms with Crippen molar-refractivity contribution in [2.45, 2.75) is 84.0 Å². The average molecular weight is 456 g/mol. The second-order valence-electron chi connectivity index (χ2n) is 8.66. The molecule has 1 rings (SSSR count). The van der Waals surface area contributed by atoms with E-state index in [1.165, 1.54) is 0 Å². The maximum Gasteiger partial charge on any atom is 0.326 e. The molecule has 0 aromatic carbocycles. The summed E-state index contributed by atoms with van der Waals surface area (Å²) in [5.74, 6) is -3.97. The van der Waals surface area contributed by atoms with Gasteiger partial charge in [-0.1, -0.05) is 34.1 Å². The Hall–Kier alpha value is -2.69. The lowest BCUT2D eigenvalue weighted by molar-refractivity contribution is -0.143. The minimum absolute atomic E-state index is 0.156. The topological polar surface area (TPSA) is 180 Å². The van der Waals surface area contributed by atoms with Gasteiger partial charge in [-0.05, 0) is 37.6 Å². The molecule has 11 nitrogen and oxygen atoms in total. The third kappa shape index (κ3) is 8.45. The molecule has 0 aliphatic carbocycles. The van der Waals surface area contributed by atoms with Gasteiger partial charge in [-0.3, -0.25) is 19.2 Å². The first kappa shape index (κ1) is 27.3. The molecule has 11 heteroatoms. The number of hydrogen-bond donors (Lipinski definition) is 6. The van der Waals surface area contributed by atoms with E-state index in [1.54, 1.807) is 20.8 Å². The second-order valence-corrected chi connectivity index (χ2v) is 8.66. The molecule has 5 unspecified atom stereocenters. The van der Waals surface area contributed by atoms with Crippen LogP contribution in [0.1, 0.15) is 59.8 Å². The van der Waals surface area contributed by atoms with Gasteiger partial charge in [-0.2, -0.15) is 0 Å². The molecule has 0 aromatic rings. The van der Waals surface area contributed by atoms with Gasteiger partial charge in [0.05, 0.1) is 6.04 Å². The van der Waals surface area contributed by atoms with Crippen molar-refractivity contribution in [2.75, 3.05) is 6.54 Å². The van der Waals surface area contributed by atoms with Crippen molar-refractivity contribution in [1.29, 1.82) is 0 Å². The van der Waals surface area contributed by atoms with Gasteiger partial charge in [0.1, 0.15) is 18.1 Å². The highest BCUT2D eigenvalue weighted by atomic mass is 16.4. The standard InChI is InChI=1S/C21H37N5O6/c1-5-12(4)17(20(30)24-14(21(31)32)8-9-15(22)27)26-19(29)16(11(2)3)25-18(28)13-7-6-10-23-13/h11-14,16-17,23H,5-10H2,1-4H3,(H2,22,27)(H,24,30)(H,25,28)(H,26,29)(H,31,32). The van der Waals surface area contributed by atoms with Crippen LogP contribution in [0.15, 0.2) is 0 Å². The van der Waals surface area contributed by atoms with Crippen LogP contribution in [0.4, 0.5) is 0 Å². The van der Waals surface area contributed by atoms with Crippen LogP contribution in [-0.2, 0) is 24.0 Å². The monoisotopic (exact) mass is 455 g/mol. The summed E-state index contributed by atoms with van der Waals surface area (Å²) >= 11 is 0. The molecule has 0 saturated carbocycles. The Bertz CT molecular complexity index is 692. The van der Waals surface area contributed by atoms with E-state index in [-0.39, 0.29) is 36.6 Å². The van der Waals surface area contributed by atoms with Gasteiger partial charge in [0.15, 0.2) is 0 Å². The van der Waals surface area contributed by atoms with E-state index in [9.17, 15) is 29.1 Å². The van der Waals surface area contributed by atoms with Crippen molar-refractivity contribution >= 4 is 29.6 Å². The third-order valence-corrected chi connectivity index (χ3v) is 5.71. The van der Waals surface area contributed by atoms with Crippen LogP contribution in [-0.4, -0.2) is 65.4 Å². The summed E-state index contributed by atoms with van der Waals surface area (Å²) in [6.07, 6.45) is 1.76. The fourth-order valence-corrected chi connectivity index (χ4v) is 3.45. The molecular weight excluding hydrogens is 418 g/mol. The Kier molecular flexibility index (Phi) is 11.1. The number of carbonyl (C=O) groups excluding carboxylic acids is 4. The summed E-state index contributed by atoms with van der Waals surface area (Å²) in [5.41, 5.74) is 5.07. The maximum absolute atomic E-state index is 13.0. The van der Waals surface area contributed by atoms with Crippen LogP contribution in [0, 0.1) is 11.8 Å². The first-order valence-electron chi connectivity index (χ1n) is 11.1. The number of primary amides is 1. The summed E-state index contributed by atoms with van der Waals surface area (Å²) < 4.78 is 0. The highest BCUT2D eigenvalue weighted by Gasteiger charge is 2.34. The smallest absolute Gasteiger partial charge is 0.326 e. The lowest BCUT2D eigenvalue weighted by atomic mass is 9.96. The molecule has 1 aliphatic rings. The fraction of sp³-hybridized carbons (Fsp3) is 0.762. The second kappa shape index (κ2) is 13.0.